The van der Waals surface area contributed by atoms with E-state index in [0.29, 0.717) is 0 Å². The van der Waals surface area contributed by atoms with Crippen LogP contribution < -0.4 is 0 Å². The topological polar surface area (TPSA) is 30.0 Å². The number of carbonyl (C=O) groups is 1. The molecule has 14 heavy (non-hydrogen) atoms. The van der Waals surface area contributed by atoms with Gasteiger partial charge in [-0.25, -0.2) is 13.8 Å². The third kappa shape index (κ3) is 2.27. The van der Waals surface area contributed by atoms with Crippen LogP contribution in [0.15, 0.2) is 10.7 Å². The van der Waals surface area contributed by atoms with Gasteiger partial charge in [-0.3, -0.25) is 4.79 Å². The highest BCUT2D eigenvalue weighted by Crippen LogP contribution is 2.29. The molecule has 0 aliphatic rings. The average Bonchev–Trinajstić information content (AvgIpc) is 2.01. The van der Waals surface area contributed by atoms with Crippen LogP contribution in [0.1, 0.15) is 28.0 Å². The molecule has 1 aromatic heterocycles. The molecule has 0 bridgehead atoms. The van der Waals surface area contributed by atoms with Crippen molar-refractivity contribution in [2.45, 2.75) is 13.3 Å². The fraction of sp³-hybridized carbons (Fsp3) is 0.250. The Kier molecular flexibility index (Phi) is 3.55. The van der Waals surface area contributed by atoms with Gasteiger partial charge in [0, 0.05) is 0 Å². The van der Waals surface area contributed by atoms with Crippen molar-refractivity contribution in [3.63, 3.8) is 0 Å². The molecule has 1 heterocycles. The second-order valence-electron chi connectivity index (χ2n) is 2.60. The lowest BCUT2D eigenvalue weighted by Gasteiger charge is -2.07. The minimum Gasteiger partial charge on any atom is -0.274 e. The molecule has 6 heteroatoms. The Balaban J connectivity index is 3.32. The van der Waals surface area contributed by atoms with E-state index in [-0.39, 0.29) is 21.4 Å². The minimum absolute atomic E-state index is 0.0413. The number of carbonyl (C=O) groups excluding carboxylic acids is 1. The average molecular weight is 284 g/mol. The molecule has 0 amide bonds. The first kappa shape index (κ1) is 11.5. The fourth-order valence-corrected chi connectivity index (χ4v) is 1.78. The van der Waals surface area contributed by atoms with Crippen molar-refractivity contribution in [3.05, 3.63) is 27.5 Å². The molecular formula is C8H5BrClF2NO. The van der Waals surface area contributed by atoms with E-state index in [9.17, 15) is 13.6 Å². The standard InChI is InChI=1S/C8H5BrClF2NO/c1-3-2-4(7(10)14)13-6(9)5(3)8(11)12/h2,8H,1H3. The van der Waals surface area contributed by atoms with Crippen molar-refractivity contribution in [3.8, 4) is 0 Å². The summed E-state index contributed by atoms with van der Waals surface area (Å²) in [4.78, 5) is 14.3. The number of aryl methyl sites for hydroxylation is 1. The summed E-state index contributed by atoms with van der Waals surface area (Å²) >= 11 is 8.03. The molecule has 0 spiro atoms. The van der Waals surface area contributed by atoms with Gasteiger partial charge in [-0.1, -0.05) is 0 Å². The zero-order chi connectivity index (χ0) is 10.9. The summed E-state index contributed by atoms with van der Waals surface area (Å²) in [7, 11) is 0. The highest BCUT2D eigenvalue weighted by Gasteiger charge is 2.18. The lowest BCUT2D eigenvalue weighted by Crippen LogP contribution is -2.01. The van der Waals surface area contributed by atoms with Crippen LogP contribution in [0.25, 0.3) is 0 Å². The van der Waals surface area contributed by atoms with Gasteiger partial charge in [0.15, 0.2) is 0 Å². The summed E-state index contributed by atoms with van der Waals surface area (Å²) in [5.74, 6) is 0. The van der Waals surface area contributed by atoms with Crippen molar-refractivity contribution in [1.29, 1.82) is 0 Å². The molecule has 0 N–H and O–H groups in total. The normalized spacial score (nSPS) is 10.7. The quantitative estimate of drug-likeness (QED) is 0.615. The van der Waals surface area contributed by atoms with Crippen LogP contribution in [0.2, 0.25) is 0 Å². The number of halogens is 4. The van der Waals surface area contributed by atoms with Gasteiger partial charge in [0.05, 0.1) is 5.56 Å². The predicted molar refractivity (Wildman–Crippen MR) is 51.8 cm³/mol. The highest BCUT2D eigenvalue weighted by atomic mass is 79.9. The van der Waals surface area contributed by atoms with Crippen molar-refractivity contribution in [2.75, 3.05) is 0 Å². The van der Waals surface area contributed by atoms with Gasteiger partial charge in [-0.2, -0.15) is 0 Å². The zero-order valence-electron chi connectivity index (χ0n) is 7.02. The Morgan fingerprint density at radius 3 is 2.57 bits per heavy atom. The largest absolute Gasteiger partial charge is 0.274 e. The second kappa shape index (κ2) is 4.31. The predicted octanol–water partition coefficient (Wildman–Crippen LogP) is 3.47. The lowest BCUT2D eigenvalue weighted by molar-refractivity contribution is 0.107. The van der Waals surface area contributed by atoms with E-state index in [1.54, 1.807) is 0 Å². The number of pyridine rings is 1. The fourth-order valence-electron chi connectivity index (χ4n) is 1.01. The van der Waals surface area contributed by atoms with Gasteiger partial charge in [0.2, 0.25) is 0 Å². The minimum atomic E-state index is -2.63. The van der Waals surface area contributed by atoms with Crippen LogP contribution in [-0.2, 0) is 0 Å². The van der Waals surface area contributed by atoms with Gasteiger partial charge in [-0.15, -0.1) is 0 Å². The number of hydrogen-bond acceptors (Lipinski definition) is 2. The maximum Gasteiger partial charge on any atom is 0.270 e. The Morgan fingerprint density at radius 1 is 1.64 bits per heavy atom. The third-order valence-electron chi connectivity index (χ3n) is 1.64. The first-order chi connectivity index (χ1) is 6.43. The SMILES string of the molecule is Cc1cc(C(=O)Cl)nc(Br)c1C(F)F. The molecule has 1 rings (SSSR count). The third-order valence-corrected chi connectivity index (χ3v) is 2.44. The van der Waals surface area contributed by atoms with E-state index in [1.807, 2.05) is 0 Å². The van der Waals surface area contributed by atoms with E-state index in [0.717, 1.165) is 0 Å². The van der Waals surface area contributed by atoms with Crippen molar-refractivity contribution < 1.29 is 13.6 Å². The van der Waals surface area contributed by atoms with Gasteiger partial charge in [0.1, 0.15) is 10.3 Å². The number of nitrogens with zero attached hydrogens (tertiary/aromatic N) is 1. The summed E-state index contributed by atoms with van der Waals surface area (Å²) in [5.41, 5.74) is 0.0259. The molecule has 0 aliphatic carbocycles. The molecule has 0 saturated heterocycles. The molecule has 76 valence electrons. The van der Waals surface area contributed by atoms with Crippen LogP contribution in [0.5, 0.6) is 0 Å². The second-order valence-corrected chi connectivity index (χ2v) is 3.70. The van der Waals surface area contributed by atoms with Crippen LogP contribution in [0.4, 0.5) is 8.78 Å². The Hall–Kier alpha value is -0.550. The lowest BCUT2D eigenvalue weighted by atomic mass is 10.1. The molecule has 0 aromatic carbocycles. The van der Waals surface area contributed by atoms with E-state index in [1.165, 1.54) is 13.0 Å². The van der Waals surface area contributed by atoms with Crippen LogP contribution in [-0.4, -0.2) is 10.2 Å². The first-order valence-electron chi connectivity index (χ1n) is 3.58. The van der Waals surface area contributed by atoms with Gasteiger partial charge < -0.3 is 0 Å². The molecule has 1 aromatic rings. The van der Waals surface area contributed by atoms with E-state index in [2.05, 4.69) is 20.9 Å². The Morgan fingerprint density at radius 2 is 2.21 bits per heavy atom. The van der Waals surface area contributed by atoms with E-state index < -0.39 is 11.7 Å². The molecule has 2 nitrogen and oxygen atoms in total. The van der Waals surface area contributed by atoms with Crippen molar-refractivity contribution in [1.82, 2.24) is 4.98 Å². The van der Waals surface area contributed by atoms with E-state index in [4.69, 9.17) is 11.6 Å². The zero-order valence-corrected chi connectivity index (χ0v) is 9.36. The summed E-state index contributed by atoms with van der Waals surface area (Å²) in [6, 6.07) is 1.24. The molecule has 0 aliphatic heterocycles. The maximum absolute atomic E-state index is 12.4. The smallest absolute Gasteiger partial charge is 0.270 e. The molecule has 0 fully saturated rings. The molecule has 0 unspecified atom stereocenters. The van der Waals surface area contributed by atoms with Gasteiger partial charge in [-0.05, 0) is 46.1 Å². The first-order valence-corrected chi connectivity index (χ1v) is 4.75. The summed E-state index contributed by atoms with van der Waals surface area (Å²) < 4.78 is 24.8. The summed E-state index contributed by atoms with van der Waals surface area (Å²) in [5, 5.41) is -0.769. The molecule has 0 radical (unpaired) electrons. The number of aromatic nitrogens is 1. The summed E-state index contributed by atoms with van der Waals surface area (Å²) in [6.45, 7) is 1.47. The van der Waals surface area contributed by atoms with E-state index >= 15 is 0 Å². The van der Waals surface area contributed by atoms with Crippen molar-refractivity contribution >= 4 is 32.8 Å². The number of rotatable bonds is 2. The van der Waals surface area contributed by atoms with Crippen LogP contribution in [0, 0.1) is 6.92 Å². The van der Waals surface area contributed by atoms with Gasteiger partial charge in [0.25, 0.3) is 11.7 Å². The Bertz CT molecular complexity index is 361. The number of hydrogen-bond donors (Lipinski definition) is 0. The van der Waals surface area contributed by atoms with Crippen LogP contribution in [0.3, 0.4) is 0 Å². The van der Waals surface area contributed by atoms with Crippen LogP contribution >= 0.6 is 27.5 Å². The van der Waals surface area contributed by atoms with Crippen molar-refractivity contribution in [2.24, 2.45) is 0 Å². The number of alkyl halides is 2. The molecular weight excluding hydrogens is 279 g/mol. The maximum atomic E-state index is 12.4. The van der Waals surface area contributed by atoms with Gasteiger partial charge >= 0.3 is 0 Å². The Labute approximate surface area is 92.4 Å². The summed E-state index contributed by atoms with van der Waals surface area (Å²) in [6.07, 6.45) is -2.63. The monoisotopic (exact) mass is 283 g/mol. The highest BCUT2D eigenvalue weighted by molar-refractivity contribution is 9.10. The molecule has 0 saturated carbocycles. The molecule has 0 atom stereocenters.